The molecular weight excluding hydrogens is 362 g/mol. The molecule has 3 heterocycles. The first-order chi connectivity index (χ1) is 8.36. The van der Waals surface area contributed by atoms with Gasteiger partial charge in [-0.2, -0.15) is 0 Å². The summed E-state index contributed by atoms with van der Waals surface area (Å²) in [5.41, 5.74) is 0. The van der Waals surface area contributed by atoms with Crippen LogP contribution in [0.15, 0.2) is 41.3 Å². The van der Waals surface area contributed by atoms with Gasteiger partial charge in [-0.15, -0.1) is 0 Å². The molecule has 0 radical (unpaired) electrons. The zero-order valence-corrected chi connectivity index (χ0v) is 13.0. The normalized spacial score (nSPS) is 10.6. The van der Waals surface area contributed by atoms with Gasteiger partial charge < -0.3 is 0 Å². The van der Waals surface area contributed by atoms with E-state index in [4.69, 9.17) is 0 Å². The van der Waals surface area contributed by atoms with Crippen molar-refractivity contribution in [1.82, 2.24) is 0 Å². The van der Waals surface area contributed by atoms with Crippen LogP contribution in [-0.2, 0) is 0 Å². The van der Waals surface area contributed by atoms with Gasteiger partial charge in [0.2, 0.25) is 0 Å². The molecule has 0 atom stereocenters. The van der Waals surface area contributed by atoms with Crippen molar-refractivity contribution in [3.05, 3.63) is 45.8 Å². The molecule has 0 fully saturated rings. The minimum absolute atomic E-state index is 0.206. The average molecular weight is 370 g/mol. The number of hydrogen-bond donors (Lipinski definition) is 0. The van der Waals surface area contributed by atoms with E-state index in [0.29, 0.717) is 14.5 Å². The van der Waals surface area contributed by atoms with E-state index < -0.39 is 0 Å². The van der Waals surface area contributed by atoms with E-state index in [-0.39, 0.29) is 14.5 Å². The van der Waals surface area contributed by atoms with Crippen molar-refractivity contribution in [2.45, 2.75) is 0 Å². The van der Waals surface area contributed by atoms with Crippen molar-refractivity contribution in [3.63, 3.8) is 0 Å². The van der Waals surface area contributed by atoms with Gasteiger partial charge >= 0.3 is 116 Å². The van der Waals surface area contributed by atoms with Crippen LogP contribution in [0.1, 0.15) is 9.23 Å². The van der Waals surface area contributed by atoms with E-state index in [1.165, 1.54) is 18.6 Å². The molecule has 3 aromatic rings. The first-order valence-corrected chi connectivity index (χ1v) is 9.43. The molecule has 0 unspecified atom stereocenters. The number of hydrogen-bond acceptors (Lipinski definition) is 2. The summed E-state index contributed by atoms with van der Waals surface area (Å²) in [6.45, 7) is 0. The molecule has 0 aliphatic rings. The molecule has 0 aliphatic heterocycles. The van der Waals surface area contributed by atoms with Crippen LogP contribution in [0.4, 0.5) is 0 Å². The van der Waals surface area contributed by atoms with Crippen molar-refractivity contribution in [1.29, 1.82) is 0 Å². The standard InChI is InChI=1S/C13H8OSSe2/c14-8-9-3-6-13(17-9)11-5-4-10(15-11)12-2-1-7-16-12/h1-8H. The first-order valence-electron chi connectivity index (χ1n) is 5.06. The van der Waals surface area contributed by atoms with Crippen LogP contribution < -0.4 is 0 Å². The van der Waals surface area contributed by atoms with Gasteiger partial charge in [-0.1, -0.05) is 0 Å². The molecule has 17 heavy (non-hydrogen) atoms. The summed E-state index contributed by atoms with van der Waals surface area (Å²) in [6.07, 6.45) is 0.977. The predicted octanol–water partition coefficient (Wildman–Crippen LogP) is 3.01. The third-order valence-corrected chi connectivity index (χ3v) is 8.18. The summed E-state index contributed by atoms with van der Waals surface area (Å²) in [5, 5.41) is 0. The Kier molecular flexibility index (Phi) is 3.32. The van der Waals surface area contributed by atoms with E-state index in [0.717, 1.165) is 10.7 Å². The molecule has 3 aromatic heterocycles. The molecule has 3 rings (SSSR count). The fourth-order valence-corrected chi connectivity index (χ4v) is 6.32. The van der Waals surface area contributed by atoms with Gasteiger partial charge in [-0.25, -0.2) is 0 Å². The van der Waals surface area contributed by atoms with E-state index in [9.17, 15) is 4.79 Å². The fraction of sp³-hybridized carbons (Fsp3) is 0. The molecule has 0 saturated heterocycles. The molecule has 0 bridgehead atoms. The quantitative estimate of drug-likeness (QED) is 0.512. The van der Waals surface area contributed by atoms with Crippen molar-refractivity contribution < 1.29 is 4.79 Å². The van der Waals surface area contributed by atoms with Crippen LogP contribution in [0, 0.1) is 0 Å². The average Bonchev–Trinajstić information content (AvgIpc) is 3.09. The Hall–Kier alpha value is -0.631. The summed E-state index contributed by atoms with van der Waals surface area (Å²) < 4.78 is 3.73. The van der Waals surface area contributed by atoms with E-state index in [1.807, 2.05) is 17.4 Å². The second-order valence-electron chi connectivity index (χ2n) is 3.46. The van der Waals surface area contributed by atoms with Crippen molar-refractivity contribution in [3.8, 4) is 18.6 Å². The van der Waals surface area contributed by atoms with Gasteiger partial charge in [0, 0.05) is 0 Å². The molecule has 0 N–H and O–H groups in total. The molecule has 0 spiro atoms. The predicted molar refractivity (Wildman–Crippen MR) is 74.5 cm³/mol. The molecule has 84 valence electrons. The van der Waals surface area contributed by atoms with E-state index >= 15 is 0 Å². The van der Waals surface area contributed by atoms with Crippen LogP contribution in [0.5, 0.6) is 0 Å². The maximum absolute atomic E-state index is 10.7. The van der Waals surface area contributed by atoms with Crippen molar-refractivity contribution in [2.24, 2.45) is 0 Å². The van der Waals surface area contributed by atoms with Gasteiger partial charge in [0.05, 0.1) is 0 Å². The van der Waals surface area contributed by atoms with Gasteiger partial charge in [-0.05, 0) is 0 Å². The molecule has 0 saturated carbocycles. The monoisotopic (exact) mass is 372 g/mol. The Morgan fingerprint density at radius 3 is 2.47 bits per heavy atom. The second kappa shape index (κ2) is 4.93. The number of carbonyl (C=O) groups excluding carboxylic acids is 1. The second-order valence-corrected chi connectivity index (χ2v) is 8.87. The van der Waals surface area contributed by atoms with Crippen LogP contribution in [-0.4, -0.2) is 35.3 Å². The third-order valence-electron chi connectivity index (χ3n) is 2.36. The molecule has 0 aliphatic carbocycles. The van der Waals surface area contributed by atoms with E-state index in [2.05, 4.69) is 35.3 Å². The molecule has 1 nitrogen and oxygen atoms in total. The third kappa shape index (κ3) is 2.33. The summed E-state index contributed by atoms with van der Waals surface area (Å²) in [4.78, 5) is 15.6. The SMILES string of the molecule is O=Cc1ccc(-c2ccc(-c3ccc[se]3)s2)[se]1. The molecule has 0 amide bonds. The van der Waals surface area contributed by atoms with Gasteiger partial charge in [-0.3, -0.25) is 0 Å². The van der Waals surface area contributed by atoms with Gasteiger partial charge in [0.25, 0.3) is 0 Å². The van der Waals surface area contributed by atoms with Crippen LogP contribution in [0.25, 0.3) is 18.6 Å². The van der Waals surface area contributed by atoms with E-state index in [1.54, 1.807) is 0 Å². The zero-order valence-electron chi connectivity index (χ0n) is 8.75. The zero-order chi connectivity index (χ0) is 11.7. The number of aldehydes is 1. The number of carbonyl (C=O) groups is 1. The Balaban J connectivity index is 1.97. The molecule has 4 heteroatoms. The molecule has 0 aromatic carbocycles. The first kappa shape index (κ1) is 11.5. The number of thiophene rings is 1. The summed E-state index contributed by atoms with van der Waals surface area (Å²) in [7, 11) is 0. The Bertz CT molecular complexity index is 634. The Morgan fingerprint density at radius 2 is 1.82 bits per heavy atom. The van der Waals surface area contributed by atoms with Gasteiger partial charge in [0.1, 0.15) is 0 Å². The minimum atomic E-state index is 0.206. The van der Waals surface area contributed by atoms with Gasteiger partial charge in [0.15, 0.2) is 0 Å². The van der Waals surface area contributed by atoms with Crippen molar-refractivity contribution in [2.75, 3.05) is 0 Å². The Morgan fingerprint density at radius 1 is 1.00 bits per heavy atom. The Labute approximate surface area is 115 Å². The summed E-state index contributed by atoms with van der Waals surface area (Å²) in [6, 6.07) is 12.8. The molecular formula is C13H8OSSe2. The maximum atomic E-state index is 10.7. The summed E-state index contributed by atoms with van der Waals surface area (Å²) in [5.74, 6) is 0. The number of rotatable bonds is 3. The van der Waals surface area contributed by atoms with Crippen LogP contribution in [0.3, 0.4) is 0 Å². The van der Waals surface area contributed by atoms with Crippen molar-refractivity contribution >= 4 is 46.6 Å². The van der Waals surface area contributed by atoms with Crippen LogP contribution in [0.2, 0.25) is 0 Å². The fourth-order valence-electron chi connectivity index (χ4n) is 1.57. The van der Waals surface area contributed by atoms with Crippen LogP contribution >= 0.6 is 11.3 Å². The summed E-state index contributed by atoms with van der Waals surface area (Å²) >= 11 is 2.55. The topological polar surface area (TPSA) is 17.1 Å².